The zero-order chi connectivity index (χ0) is 15.9. The third-order valence-electron chi connectivity index (χ3n) is 2.06. The maximum Gasteiger partial charge on any atom is 0.249 e. The minimum Gasteiger partial charge on any atom is -0.228 e. The number of rotatable bonds is 8. The molecule has 0 aromatic heterocycles. The van der Waals surface area contributed by atoms with Gasteiger partial charge in [-0.2, -0.15) is 9.78 Å². The number of hydrogen-bond donors (Lipinski definition) is 0. The Morgan fingerprint density at radius 3 is 1.55 bits per heavy atom. The highest BCUT2D eigenvalue weighted by Crippen LogP contribution is 2.23. The lowest BCUT2D eigenvalue weighted by Crippen LogP contribution is -2.37. The van der Waals surface area contributed by atoms with Crippen LogP contribution in [0.5, 0.6) is 0 Å². The predicted molar refractivity (Wildman–Crippen MR) is 80.9 cm³/mol. The summed E-state index contributed by atoms with van der Waals surface area (Å²) in [6, 6.07) is 0. The third-order valence-corrected chi connectivity index (χ3v) is 2.06. The molecule has 0 spiro atoms. The summed E-state index contributed by atoms with van der Waals surface area (Å²) in [5.74, 6) is -1.06. The molecule has 0 atom stereocenters. The summed E-state index contributed by atoms with van der Waals surface area (Å²) in [5.41, 5.74) is -0.826. The Hall–Kier alpha value is -0.420. The summed E-state index contributed by atoms with van der Waals surface area (Å²) in [5, 5.41) is 0. The molecule has 4 nitrogen and oxygen atoms in total. The molecule has 0 unspecified atom stereocenters. The molecule has 0 amide bonds. The van der Waals surface area contributed by atoms with Crippen LogP contribution < -0.4 is 0 Å². The molecule has 20 heavy (non-hydrogen) atoms. The zero-order valence-electron chi connectivity index (χ0n) is 14.4. The second-order valence-corrected chi connectivity index (χ2v) is 7.12. The van der Waals surface area contributed by atoms with Gasteiger partial charge < -0.3 is 0 Å². The molecule has 0 aromatic rings. The molecule has 0 fully saturated rings. The van der Waals surface area contributed by atoms with Gasteiger partial charge in [0.1, 0.15) is 0 Å². The summed E-state index contributed by atoms with van der Waals surface area (Å²) < 4.78 is 0. The van der Waals surface area contributed by atoms with Crippen molar-refractivity contribution in [3.8, 4) is 0 Å². The van der Waals surface area contributed by atoms with Gasteiger partial charge in [0.05, 0.1) is 11.2 Å². The van der Waals surface area contributed by atoms with Gasteiger partial charge in [0.25, 0.3) is 0 Å². The summed E-state index contributed by atoms with van der Waals surface area (Å²) >= 11 is 0. The molecule has 0 N–H and O–H groups in total. The molecule has 0 aliphatic heterocycles. The van der Waals surface area contributed by atoms with Crippen molar-refractivity contribution >= 4 is 0 Å². The van der Waals surface area contributed by atoms with Crippen LogP contribution in [0.2, 0.25) is 0 Å². The Morgan fingerprint density at radius 2 is 1.20 bits per heavy atom. The first kappa shape index (κ1) is 19.6. The first-order chi connectivity index (χ1) is 8.97. The first-order valence-electron chi connectivity index (χ1n) is 7.39. The van der Waals surface area contributed by atoms with Crippen LogP contribution in [0, 0.1) is 0 Å². The number of hydrogen-bond acceptors (Lipinski definition) is 4. The van der Waals surface area contributed by atoms with E-state index in [1.807, 2.05) is 53.7 Å². The lowest BCUT2D eigenvalue weighted by Gasteiger charge is -2.30. The average Bonchev–Trinajstić information content (AvgIpc) is 2.29. The quantitative estimate of drug-likeness (QED) is 0.208. The molecule has 0 heterocycles. The van der Waals surface area contributed by atoms with E-state index in [-0.39, 0.29) is 0 Å². The Balaban J connectivity index is 4.61. The van der Waals surface area contributed by atoms with E-state index in [1.54, 1.807) is 6.92 Å². The maximum absolute atomic E-state index is 5.44. The van der Waals surface area contributed by atoms with E-state index >= 15 is 0 Å². The van der Waals surface area contributed by atoms with E-state index in [2.05, 4.69) is 6.92 Å². The largest absolute Gasteiger partial charge is 0.249 e. The van der Waals surface area contributed by atoms with Gasteiger partial charge in [0.15, 0.2) is 0 Å². The van der Waals surface area contributed by atoms with Gasteiger partial charge in [-0.1, -0.05) is 25.8 Å². The van der Waals surface area contributed by atoms with Crippen LogP contribution in [-0.4, -0.2) is 17.0 Å². The fraction of sp³-hybridized carbons (Fsp3) is 0.875. The maximum atomic E-state index is 5.44. The molecule has 120 valence electrons. The van der Waals surface area contributed by atoms with Crippen molar-refractivity contribution in [1.29, 1.82) is 0 Å². The Morgan fingerprint density at radius 1 is 0.750 bits per heavy atom. The van der Waals surface area contributed by atoms with Gasteiger partial charge >= 0.3 is 0 Å². The van der Waals surface area contributed by atoms with E-state index in [9.17, 15) is 0 Å². The van der Waals surface area contributed by atoms with E-state index in [1.165, 1.54) is 0 Å². The molecule has 0 bridgehead atoms. The number of allylic oxidation sites excluding steroid dienone is 1. The summed E-state index contributed by atoms with van der Waals surface area (Å²) in [7, 11) is 0. The number of unbranched alkanes of at least 4 members (excludes halogenated alkanes) is 2. The monoisotopic (exact) mass is 288 g/mol. The van der Waals surface area contributed by atoms with Crippen LogP contribution in [0.3, 0.4) is 0 Å². The van der Waals surface area contributed by atoms with Crippen molar-refractivity contribution in [3.63, 3.8) is 0 Å². The molecule has 0 saturated carbocycles. The molecule has 0 aromatic carbocycles. The Labute approximate surface area is 124 Å². The summed E-state index contributed by atoms with van der Waals surface area (Å²) in [6.07, 6.45) is 7.12. The van der Waals surface area contributed by atoms with Crippen molar-refractivity contribution in [1.82, 2.24) is 0 Å². The molecule has 0 aliphatic rings. The normalized spacial score (nSPS) is 14.2. The van der Waals surface area contributed by atoms with Crippen molar-refractivity contribution in [2.75, 3.05) is 0 Å². The van der Waals surface area contributed by atoms with Gasteiger partial charge in [0, 0.05) is 0 Å². The van der Waals surface area contributed by atoms with Crippen LogP contribution in [0.4, 0.5) is 0 Å². The van der Waals surface area contributed by atoms with Gasteiger partial charge in [0.2, 0.25) is 5.79 Å². The highest BCUT2D eigenvalue weighted by Gasteiger charge is 2.30. The Bertz CT molecular complexity index is 266. The smallest absolute Gasteiger partial charge is 0.228 e. The van der Waals surface area contributed by atoms with Crippen LogP contribution in [-0.2, 0) is 19.6 Å². The molecular formula is C16H32O4. The van der Waals surface area contributed by atoms with E-state index < -0.39 is 17.0 Å². The minimum absolute atomic E-state index is 0.413. The van der Waals surface area contributed by atoms with Crippen molar-refractivity contribution in [3.05, 3.63) is 12.2 Å². The van der Waals surface area contributed by atoms with E-state index in [0.29, 0.717) is 0 Å². The minimum atomic E-state index is -1.06. The molecule has 4 heteroatoms. The first-order valence-corrected chi connectivity index (χ1v) is 7.39. The lowest BCUT2D eigenvalue weighted by molar-refractivity contribution is -0.522. The van der Waals surface area contributed by atoms with Gasteiger partial charge in [-0.05, 0) is 61.0 Å². The summed E-state index contributed by atoms with van der Waals surface area (Å²) in [4.78, 5) is 21.6. The van der Waals surface area contributed by atoms with Gasteiger partial charge in [-0.15, -0.1) is 0 Å². The topological polar surface area (TPSA) is 36.9 Å². The van der Waals surface area contributed by atoms with Crippen LogP contribution >= 0.6 is 0 Å². The van der Waals surface area contributed by atoms with Crippen LogP contribution in [0.1, 0.15) is 74.7 Å². The second-order valence-electron chi connectivity index (χ2n) is 7.12. The van der Waals surface area contributed by atoms with Crippen molar-refractivity contribution < 1.29 is 19.6 Å². The molecule has 0 radical (unpaired) electrons. The Kier molecular flexibility index (Phi) is 7.96. The molecular weight excluding hydrogens is 256 g/mol. The molecule has 0 aliphatic carbocycles. The van der Waals surface area contributed by atoms with Crippen LogP contribution in [0.25, 0.3) is 0 Å². The van der Waals surface area contributed by atoms with Gasteiger partial charge in [-0.25, -0.2) is 9.78 Å². The fourth-order valence-corrected chi connectivity index (χ4v) is 1.10. The lowest BCUT2D eigenvalue weighted by atomic mass is 10.2. The third kappa shape index (κ3) is 11.4. The predicted octanol–water partition coefficient (Wildman–Crippen LogP) is 4.94. The molecule has 0 rings (SSSR count). The van der Waals surface area contributed by atoms with Crippen molar-refractivity contribution in [2.24, 2.45) is 0 Å². The van der Waals surface area contributed by atoms with E-state index in [0.717, 1.165) is 19.3 Å². The molecule has 0 saturated heterocycles. The fourth-order valence-electron chi connectivity index (χ4n) is 1.10. The average molecular weight is 288 g/mol. The zero-order valence-corrected chi connectivity index (χ0v) is 14.4. The highest BCUT2D eigenvalue weighted by atomic mass is 17.3. The summed E-state index contributed by atoms with van der Waals surface area (Å²) in [6.45, 7) is 15.4. The van der Waals surface area contributed by atoms with Crippen molar-refractivity contribution in [2.45, 2.75) is 91.6 Å². The standard InChI is InChI=1S/C16H32O4/c1-9-10-11-12-13-16(8,19-17-14(2,3)4)20-18-15(5,6)7/h12-13H,9-11H2,1-8H3. The van der Waals surface area contributed by atoms with Crippen LogP contribution in [0.15, 0.2) is 12.2 Å². The SMILES string of the molecule is CCCCC=CC(C)(OOC(C)(C)C)OOC(C)(C)C. The second kappa shape index (κ2) is 8.13. The van der Waals surface area contributed by atoms with Gasteiger partial charge in [-0.3, -0.25) is 0 Å². The van der Waals surface area contributed by atoms with E-state index in [4.69, 9.17) is 19.6 Å². The highest BCUT2D eigenvalue weighted by molar-refractivity contribution is 4.92.